The largest absolute Gasteiger partial charge is 0.461 e. The third-order valence-corrected chi connectivity index (χ3v) is 4.23. The van der Waals surface area contributed by atoms with E-state index in [-0.39, 0.29) is 0 Å². The van der Waals surface area contributed by atoms with Crippen molar-refractivity contribution < 1.29 is 4.42 Å². The van der Waals surface area contributed by atoms with Gasteiger partial charge in [-0.3, -0.25) is 0 Å². The van der Waals surface area contributed by atoms with Crippen LogP contribution in [0.1, 0.15) is 45.1 Å². The summed E-state index contributed by atoms with van der Waals surface area (Å²) in [6.07, 6.45) is 0.938. The maximum absolute atomic E-state index is 6.02. The molecule has 0 aliphatic rings. The lowest BCUT2D eigenvalue weighted by Gasteiger charge is -2.27. The van der Waals surface area contributed by atoms with E-state index in [9.17, 15) is 0 Å². The molecule has 2 rings (SSSR count). The van der Waals surface area contributed by atoms with Crippen LogP contribution in [0.25, 0.3) is 11.0 Å². The first-order chi connectivity index (χ1) is 9.10. The van der Waals surface area contributed by atoms with Gasteiger partial charge in [-0.05, 0) is 24.9 Å². The van der Waals surface area contributed by atoms with Crippen molar-refractivity contribution in [3.63, 3.8) is 0 Å². The van der Waals surface area contributed by atoms with Gasteiger partial charge in [0.15, 0.2) is 0 Å². The molecule has 0 saturated heterocycles. The number of furan rings is 1. The highest BCUT2D eigenvalue weighted by Crippen LogP contribution is 2.36. The fourth-order valence-corrected chi connectivity index (χ4v) is 2.77. The van der Waals surface area contributed by atoms with Crippen LogP contribution in [0.15, 0.2) is 28.7 Å². The first kappa shape index (κ1) is 14.1. The van der Waals surface area contributed by atoms with Crippen LogP contribution in [0, 0.1) is 11.8 Å². The number of nitrogens with one attached hydrogen (secondary N) is 1. The van der Waals surface area contributed by atoms with Gasteiger partial charge < -0.3 is 9.73 Å². The van der Waals surface area contributed by atoms with Crippen molar-refractivity contribution in [3.8, 4) is 0 Å². The van der Waals surface area contributed by atoms with Crippen molar-refractivity contribution in [3.05, 3.63) is 35.6 Å². The molecule has 2 atom stereocenters. The fraction of sp³-hybridized carbons (Fsp3) is 0.529. The summed E-state index contributed by atoms with van der Waals surface area (Å²) in [4.78, 5) is 0. The summed E-state index contributed by atoms with van der Waals surface area (Å²) in [6, 6.07) is 8.71. The van der Waals surface area contributed by atoms with Crippen molar-refractivity contribution >= 4 is 11.0 Å². The number of fused-ring (bicyclic) bond motifs is 1. The van der Waals surface area contributed by atoms with Gasteiger partial charge in [-0.2, -0.15) is 0 Å². The molecule has 1 N–H and O–H groups in total. The number of rotatable bonds is 5. The van der Waals surface area contributed by atoms with E-state index in [1.807, 2.05) is 13.1 Å². The SMILES string of the molecule is CCc1oc2ccccc2c1C(NC)C(C)C(C)C. The summed E-state index contributed by atoms with van der Waals surface area (Å²) >= 11 is 0. The molecule has 0 fully saturated rings. The van der Waals surface area contributed by atoms with Gasteiger partial charge in [-0.25, -0.2) is 0 Å². The summed E-state index contributed by atoms with van der Waals surface area (Å²) in [6.45, 7) is 9.03. The zero-order valence-corrected chi connectivity index (χ0v) is 12.7. The van der Waals surface area contributed by atoms with Gasteiger partial charge in [0, 0.05) is 23.4 Å². The molecule has 1 aromatic heterocycles. The Morgan fingerprint density at radius 2 is 1.84 bits per heavy atom. The third-order valence-electron chi connectivity index (χ3n) is 4.23. The summed E-state index contributed by atoms with van der Waals surface area (Å²) in [5.74, 6) is 2.32. The summed E-state index contributed by atoms with van der Waals surface area (Å²) < 4.78 is 6.02. The molecule has 0 spiro atoms. The fourth-order valence-electron chi connectivity index (χ4n) is 2.77. The van der Waals surface area contributed by atoms with Gasteiger partial charge >= 0.3 is 0 Å². The number of aryl methyl sites for hydroxylation is 1. The first-order valence-electron chi connectivity index (χ1n) is 7.27. The standard InChI is InChI=1S/C17H25NO/c1-6-14-16(17(18-5)12(4)11(2)3)13-9-7-8-10-15(13)19-14/h7-12,17-18H,6H2,1-5H3. The summed E-state index contributed by atoms with van der Waals surface area (Å²) in [5.41, 5.74) is 2.35. The lowest BCUT2D eigenvalue weighted by atomic mass is 9.84. The smallest absolute Gasteiger partial charge is 0.134 e. The van der Waals surface area contributed by atoms with Crippen LogP contribution in [0.2, 0.25) is 0 Å². The van der Waals surface area contributed by atoms with E-state index < -0.39 is 0 Å². The van der Waals surface area contributed by atoms with Crippen molar-refractivity contribution in [1.29, 1.82) is 0 Å². The van der Waals surface area contributed by atoms with Crippen LogP contribution in [-0.2, 0) is 6.42 Å². The van der Waals surface area contributed by atoms with Crippen LogP contribution in [0.4, 0.5) is 0 Å². The molecule has 2 heteroatoms. The van der Waals surface area contributed by atoms with Crippen molar-refractivity contribution in [2.75, 3.05) is 7.05 Å². The van der Waals surface area contributed by atoms with E-state index >= 15 is 0 Å². The lowest BCUT2D eigenvalue weighted by molar-refractivity contribution is 0.314. The normalized spacial score (nSPS) is 15.1. The number of benzene rings is 1. The molecule has 19 heavy (non-hydrogen) atoms. The van der Waals surface area contributed by atoms with Crippen molar-refractivity contribution in [1.82, 2.24) is 5.32 Å². The van der Waals surface area contributed by atoms with Gasteiger partial charge in [-0.15, -0.1) is 0 Å². The molecule has 2 aromatic rings. The summed E-state index contributed by atoms with van der Waals surface area (Å²) in [5, 5.41) is 4.75. The second kappa shape index (κ2) is 5.79. The molecule has 2 unspecified atom stereocenters. The minimum absolute atomic E-state index is 0.346. The predicted octanol–water partition coefficient (Wildman–Crippen LogP) is 4.55. The van der Waals surface area contributed by atoms with E-state index in [4.69, 9.17) is 4.42 Å². The Kier molecular flexibility index (Phi) is 4.31. The molecule has 104 valence electrons. The molecular weight excluding hydrogens is 234 g/mol. The minimum Gasteiger partial charge on any atom is -0.461 e. The molecule has 0 saturated carbocycles. The highest BCUT2D eigenvalue weighted by molar-refractivity contribution is 5.82. The molecule has 1 heterocycles. The Balaban J connectivity index is 2.58. The third kappa shape index (κ3) is 2.55. The van der Waals surface area contributed by atoms with E-state index in [2.05, 4.69) is 51.2 Å². The van der Waals surface area contributed by atoms with Crippen LogP contribution >= 0.6 is 0 Å². The summed E-state index contributed by atoms with van der Waals surface area (Å²) in [7, 11) is 2.05. The Morgan fingerprint density at radius 3 is 2.42 bits per heavy atom. The van der Waals surface area contributed by atoms with Gasteiger partial charge in [0.1, 0.15) is 11.3 Å². The molecule has 0 amide bonds. The molecule has 0 aliphatic heterocycles. The van der Waals surface area contributed by atoms with Gasteiger partial charge in [0.2, 0.25) is 0 Å². The topological polar surface area (TPSA) is 25.2 Å². The Morgan fingerprint density at radius 1 is 1.16 bits per heavy atom. The zero-order valence-electron chi connectivity index (χ0n) is 12.7. The average molecular weight is 259 g/mol. The van der Waals surface area contributed by atoms with Crippen LogP contribution in [0.5, 0.6) is 0 Å². The number of para-hydroxylation sites is 1. The van der Waals surface area contributed by atoms with E-state index in [1.165, 1.54) is 10.9 Å². The zero-order chi connectivity index (χ0) is 14.0. The number of hydrogen-bond donors (Lipinski definition) is 1. The molecular formula is C17H25NO. The second-order valence-corrected chi connectivity index (χ2v) is 5.66. The Hall–Kier alpha value is -1.28. The second-order valence-electron chi connectivity index (χ2n) is 5.66. The quantitative estimate of drug-likeness (QED) is 0.852. The Bertz CT molecular complexity index is 541. The maximum atomic E-state index is 6.02. The van der Waals surface area contributed by atoms with E-state index in [0.29, 0.717) is 17.9 Å². The lowest BCUT2D eigenvalue weighted by Crippen LogP contribution is -2.27. The predicted molar refractivity (Wildman–Crippen MR) is 81.4 cm³/mol. The number of hydrogen-bond acceptors (Lipinski definition) is 2. The van der Waals surface area contributed by atoms with Gasteiger partial charge in [-0.1, -0.05) is 45.9 Å². The van der Waals surface area contributed by atoms with Crippen molar-refractivity contribution in [2.45, 2.75) is 40.2 Å². The van der Waals surface area contributed by atoms with Gasteiger partial charge in [0.25, 0.3) is 0 Å². The van der Waals surface area contributed by atoms with Crippen LogP contribution in [0.3, 0.4) is 0 Å². The van der Waals surface area contributed by atoms with Crippen LogP contribution < -0.4 is 5.32 Å². The highest BCUT2D eigenvalue weighted by atomic mass is 16.3. The molecule has 0 radical (unpaired) electrons. The first-order valence-corrected chi connectivity index (χ1v) is 7.27. The minimum atomic E-state index is 0.346. The molecule has 2 nitrogen and oxygen atoms in total. The highest BCUT2D eigenvalue weighted by Gasteiger charge is 2.26. The van der Waals surface area contributed by atoms with E-state index in [0.717, 1.165) is 17.8 Å². The van der Waals surface area contributed by atoms with Crippen molar-refractivity contribution in [2.24, 2.45) is 11.8 Å². The monoisotopic (exact) mass is 259 g/mol. The van der Waals surface area contributed by atoms with Crippen LogP contribution in [-0.4, -0.2) is 7.05 Å². The average Bonchev–Trinajstić information content (AvgIpc) is 2.78. The molecule has 0 aliphatic carbocycles. The molecule has 1 aromatic carbocycles. The van der Waals surface area contributed by atoms with E-state index in [1.54, 1.807) is 0 Å². The maximum Gasteiger partial charge on any atom is 0.134 e. The van der Waals surface area contributed by atoms with Gasteiger partial charge in [0.05, 0.1) is 0 Å². The molecule has 0 bridgehead atoms. The Labute approximate surface area is 116 Å².